The SMILES string of the molecule is CC(NC(=O)N1C(C)SCC1C(=O)O)C(=O)N1CCCC1. The number of carboxylic acid groups (broad SMARTS) is 1. The van der Waals surface area contributed by atoms with Crippen molar-refractivity contribution in [3.05, 3.63) is 0 Å². The Kier molecular flexibility index (Phi) is 4.97. The lowest BCUT2D eigenvalue weighted by atomic mass is 10.2. The van der Waals surface area contributed by atoms with Gasteiger partial charge in [-0.1, -0.05) is 0 Å². The van der Waals surface area contributed by atoms with Crippen LogP contribution in [-0.2, 0) is 9.59 Å². The molecule has 2 aliphatic rings. The van der Waals surface area contributed by atoms with E-state index in [9.17, 15) is 14.4 Å². The van der Waals surface area contributed by atoms with E-state index in [-0.39, 0.29) is 11.3 Å². The van der Waals surface area contributed by atoms with Crippen molar-refractivity contribution < 1.29 is 19.5 Å². The fourth-order valence-electron chi connectivity index (χ4n) is 2.67. The molecule has 0 aromatic heterocycles. The van der Waals surface area contributed by atoms with Gasteiger partial charge in [0.05, 0.1) is 5.37 Å². The van der Waals surface area contributed by atoms with Gasteiger partial charge < -0.3 is 15.3 Å². The van der Waals surface area contributed by atoms with E-state index in [4.69, 9.17) is 5.11 Å². The third-order valence-electron chi connectivity index (χ3n) is 3.87. The molecule has 3 unspecified atom stereocenters. The van der Waals surface area contributed by atoms with Crippen LogP contribution in [-0.4, -0.2) is 69.1 Å². The zero-order chi connectivity index (χ0) is 15.6. The van der Waals surface area contributed by atoms with E-state index in [2.05, 4.69) is 5.32 Å². The molecule has 3 atom stereocenters. The molecule has 2 fully saturated rings. The molecule has 0 aliphatic carbocycles. The number of nitrogens with zero attached hydrogens (tertiary/aromatic N) is 2. The molecule has 0 saturated carbocycles. The highest BCUT2D eigenvalue weighted by Gasteiger charge is 2.40. The van der Waals surface area contributed by atoms with Gasteiger partial charge in [-0.2, -0.15) is 0 Å². The quantitative estimate of drug-likeness (QED) is 0.794. The molecule has 3 amide bonds. The molecule has 2 aliphatic heterocycles. The van der Waals surface area contributed by atoms with Crippen LogP contribution in [0.1, 0.15) is 26.7 Å². The van der Waals surface area contributed by atoms with Crippen molar-refractivity contribution in [3.63, 3.8) is 0 Å². The number of likely N-dealkylation sites (tertiary alicyclic amines) is 1. The maximum absolute atomic E-state index is 12.3. The maximum Gasteiger partial charge on any atom is 0.327 e. The van der Waals surface area contributed by atoms with Crippen LogP contribution in [0.3, 0.4) is 0 Å². The molecule has 0 aromatic rings. The number of urea groups is 1. The minimum absolute atomic E-state index is 0.104. The van der Waals surface area contributed by atoms with Crippen LogP contribution in [0.25, 0.3) is 0 Å². The molecule has 2 heterocycles. The molecule has 7 nitrogen and oxygen atoms in total. The summed E-state index contributed by atoms with van der Waals surface area (Å²) in [4.78, 5) is 38.7. The number of carbonyl (C=O) groups excluding carboxylic acids is 2. The van der Waals surface area contributed by atoms with E-state index in [1.165, 1.54) is 16.7 Å². The summed E-state index contributed by atoms with van der Waals surface area (Å²) in [6.07, 6.45) is 1.99. The predicted octanol–water partition coefficient (Wildman–Crippen LogP) is 0.555. The number of aliphatic carboxylic acids is 1. The summed E-state index contributed by atoms with van der Waals surface area (Å²) >= 11 is 1.42. The van der Waals surface area contributed by atoms with Gasteiger partial charge in [0.25, 0.3) is 0 Å². The number of carboxylic acids is 1. The third kappa shape index (κ3) is 3.42. The Morgan fingerprint density at radius 1 is 1.29 bits per heavy atom. The van der Waals surface area contributed by atoms with Crippen molar-refractivity contribution in [2.24, 2.45) is 0 Å². The number of thioether (sulfide) groups is 1. The van der Waals surface area contributed by atoms with Crippen LogP contribution in [0.15, 0.2) is 0 Å². The first-order valence-corrected chi connectivity index (χ1v) is 8.18. The van der Waals surface area contributed by atoms with Gasteiger partial charge in [0.2, 0.25) is 5.91 Å². The summed E-state index contributed by atoms with van der Waals surface area (Å²) in [6.45, 7) is 4.89. The van der Waals surface area contributed by atoms with E-state index in [0.29, 0.717) is 5.75 Å². The lowest BCUT2D eigenvalue weighted by molar-refractivity contribution is -0.141. The number of hydrogen-bond donors (Lipinski definition) is 2. The highest BCUT2D eigenvalue weighted by Crippen LogP contribution is 2.28. The Morgan fingerprint density at radius 3 is 2.48 bits per heavy atom. The molecule has 21 heavy (non-hydrogen) atoms. The fraction of sp³-hybridized carbons (Fsp3) is 0.769. The molecule has 0 spiro atoms. The van der Waals surface area contributed by atoms with Crippen LogP contribution in [0.5, 0.6) is 0 Å². The average molecular weight is 315 g/mol. The highest BCUT2D eigenvalue weighted by atomic mass is 32.2. The summed E-state index contributed by atoms with van der Waals surface area (Å²) in [5.74, 6) is -0.744. The number of carbonyl (C=O) groups is 3. The molecule has 0 bridgehead atoms. The second-order valence-electron chi connectivity index (χ2n) is 5.40. The Bertz CT molecular complexity index is 439. The largest absolute Gasteiger partial charge is 0.480 e. The van der Waals surface area contributed by atoms with Crippen molar-refractivity contribution in [1.82, 2.24) is 15.1 Å². The van der Waals surface area contributed by atoms with Gasteiger partial charge in [-0.25, -0.2) is 9.59 Å². The van der Waals surface area contributed by atoms with Crippen LogP contribution in [0.4, 0.5) is 4.79 Å². The van der Waals surface area contributed by atoms with Gasteiger partial charge in [0.15, 0.2) is 0 Å². The number of rotatable bonds is 3. The second-order valence-corrected chi connectivity index (χ2v) is 6.75. The third-order valence-corrected chi connectivity index (χ3v) is 5.09. The Morgan fingerprint density at radius 2 is 1.90 bits per heavy atom. The molecule has 8 heteroatoms. The van der Waals surface area contributed by atoms with E-state index in [0.717, 1.165) is 25.9 Å². The molecule has 2 saturated heterocycles. The van der Waals surface area contributed by atoms with Crippen LogP contribution < -0.4 is 5.32 Å². The van der Waals surface area contributed by atoms with Gasteiger partial charge in [-0.15, -0.1) is 11.8 Å². The van der Waals surface area contributed by atoms with Crippen molar-refractivity contribution in [2.75, 3.05) is 18.8 Å². The van der Waals surface area contributed by atoms with Crippen molar-refractivity contribution in [3.8, 4) is 0 Å². The maximum atomic E-state index is 12.3. The standard InChI is InChI=1S/C13H21N3O4S/c1-8(11(17)15-5-3-4-6-15)14-13(20)16-9(2)21-7-10(16)12(18)19/h8-10H,3-7H2,1-2H3,(H,14,20)(H,18,19). The van der Waals surface area contributed by atoms with E-state index in [1.54, 1.807) is 18.7 Å². The molecule has 2 N–H and O–H groups in total. The average Bonchev–Trinajstić information content (AvgIpc) is 3.06. The van der Waals surface area contributed by atoms with Crippen LogP contribution >= 0.6 is 11.8 Å². The summed E-state index contributed by atoms with van der Waals surface area (Å²) < 4.78 is 0. The van der Waals surface area contributed by atoms with Gasteiger partial charge in [0, 0.05) is 18.8 Å². The van der Waals surface area contributed by atoms with Gasteiger partial charge in [0.1, 0.15) is 12.1 Å². The van der Waals surface area contributed by atoms with Gasteiger partial charge >= 0.3 is 12.0 Å². The molecular weight excluding hydrogens is 294 g/mol. The second kappa shape index (κ2) is 6.55. The fourth-order valence-corrected chi connectivity index (χ4v) is 3.84. The molecule has 2 rings (SSSR count). The zero-order valence-electron chi connectivity index (χ0n) is 12.2. The zero-order valence-corrected chi connectivity index (χ0v) is 13.1. The van der Waals surface area contributed by atoms with E-state index < -0.39 is 24.1 Å². The lowest BCUT2D eigenvalue weighted by Crippen LogP contribution is -2.54. The summed E-state index contributed by atoms with van der Waals surface area (Å²) in [7, 11) is 0. The predicted molar refractivity (Wildman–Crippen MR) is 79.0 cm³/mol. The van der Waals surface area contributed by atoms with Crippen LogP contribution in [0.2, 0.25) is 0 Å². The van der Waals surface area contributed by atoms with E-state index in [1.807, 2.05) is 0 Å². The topological polar surface area (TPSA) is 90.0 Å². The molecule has 0 aromatic carbocycles. The van der Waals surface area contributed by atoms with Crippen molar-refractivity contribution >= 4 is 29.7 Å². The minimum Gasteiger partial charge on any atom is -0.480 e. The minimum atomic E-state index is -1.01. The molecular formula is C13H21N3O4S. The normalized spacial score (nSPS) is 26.8. The van der Waals surface area contributed by atoms with Crippen LogP contribution in [0, 0.1) is 0 Å². The number of amides is 3. The first-order valence-electron chi connectivity index (χ1n) is 7.14. The molecule has 0 radical (unpaired) electrons. The van der Waals surface area contributed by atoms with Gasteiger partial charge in [-0.3, -0.25) is 9.69 Å². The molecule has 118 valence electrons. The summed E-state index contributed by atoms with van der Waals surface area (Å²) in [6, 6.07) is -1.96. The Labute approximate surface area is 128 Å². The Balaban J connectivity index is 1.96. The van der Waals surface area contributed by atoms with Crippen molar-refractivity contribution in [2.45, 2.75) is 44.1 Å². The first kappa shape index (κ1) is 15.9. The summed E-state index contributed by atoms with van der Waals surface area (Å²) in [5, 5.41) is 11.6. The monoisotopic (exact) mass is 315 g/mol. The number of hydrogen-bond acceptors (Lipinski definition) is 4. The smallest absolute Gasteiger partial charge is 0.327 e. The van der Waals surface area contributed by atoms with E-state index >= 15 is 0 Å². The van der Waals surface area contributed by atoms with Gasteiger partial charge in [-0.05, 0) is 26.7 Å². The Hall–Kier alpha value is -1.44. The first-order chi connectivity index (χ1) is 9.91. The lowest BCUT2D eigenvalue weighted by Gasteiger charge is -2.28. The highest BCUT2D eigenvalue weighted by molar-refractivity contribution is 8.00. The number of nitrogens with one attached hydrogen (secondary N) is 1. The van der Waals surface area contributed by atoms with Crippen molar-refractivity contribution in [1.29, 1.82) is 0 Å². The summed E-state index contributed by atoms with van der Waals surface area (Å²) in [5.41, 5.74) is 0.